The molecule has 4 rings (SSSR count). The van der Waals surface area contributed by atoms with Gasteiger partial charge in [-0.05, 0) is 55.7 Å². The second-order valence-electron chi connectivity index (χ2n) is 6.51. The molecule has 2 aromatic carbocycles. The fraction of sp³-hybridized carbons (Fsp3) is 0.333. The number of para-hydroxylation sites is 1. The Labute approximate surface area is 163 Å². The first-order valence-corrected chi connectivity index (χ1v) is 10.2. The molecule has 0 bridgehead atoms. The van der Waals surface area contributed by atoms with Gasteiger partial charge in [-0.2, -0.15) is 0 Å². The normalized spacial score (nSPS) is 17.0. The van der Waals surface area contributed by atoms with E-state index in [0.717, 1.165) is 46.8 Å². The van der Waals surface area contributed by atoms with E-state index in [0.29, 0.717) is 6.10 Å². The molecule has 5 nitrogen and oxygen atoms in total. The summed E-state index contributed by atoms with van der Waals surface area (Å²) in [6, 6.07) is 18.2. The van der Waals surface area contributed by atoms with E-state index in [2.05, 4.69) is 26.9 Å². The van der Waals surface area contributed by atoms with E-state index in [1.165, 1.54) is 12.8 Å². The van der Waals surface area contributed by atoms with Gasteiger partial charge in [-0.1, -0.05) is 30.0 Å². The minimum absolute atomic E-state index is 0.300. The monoisotopic (exact) mass is 381 g/mol. The van der Waals surface area contributed by atoms with E-state index < -0.39 is 0 Å². The number of hydrogen-bond acceptors (Lipinski definition) is 5. The van der Waals surface area contributed by atoms with Crippen molar-refractivity contribution < 1.29 is 9.47 Å². The van der Waals surface area contributed by atoms with Gasteiger partial charge in [-0.3, -0.25) is 4.57 Å². The van der Waals surface area contributed by atoms with Crippen molar-refractivity contribution in [2.45, 2.75) is 30.5 Å². The molecule has 1 aliphatic heterocycles. The summed E-state index contributed by atoms with van der Waals surface area (Å²) in [7, 11) is 1.67. The first-order chi connectivity index (χ1) is 13.3. The summed E-state index contributed by atoms with van der Waals surface area (Å²) in [6.45, 7) is 0.869. The third kappa shape index (κ3) is 4.17. The lowest BCUT2D eigenvalue weighted by molar-refractivity contribution is 0.0315. The summed E-state index contributed by atoms with van der Waals surface area (Å²) in [6.07, 6.45) is 3.84. The van der Waals surface area contributed by atoms with Gasteiger partial charge in [0.2, 0.25) is 0 Å². The zero-order valence-corrected chi connectivity index (χ0v) is 16.2. The van der Waals surface area contributed by atoms with E-state index in [-0.39, 0.29) is 0 Å². The Bertz CT molecular complexity index is 859. The molecular formula is C21H23N3O2S. The van der Waals surface area contributed by atoms with Gasteiger partial charge in [0.05, 0.1) is 13.2 Å². The van der Waals surface area contributed by atoms with Crippen LogP contribution in [0.2, 0.25) is 0 Å². The predicted octanol–water partition coefficient (Wildman–Crippen LogP) is 4.60. The van der Waals surface area contributed by atoms with Crippen LogP contribution < -0.4 is 4.74 Å². The average molecular weight is 382 g/mol. The highest BCUT2D eigenvalue weighted by Crippen LogP contribution is 2.30. The minimum Gasteiger partial charge on any atom is -0.497 e. The molecular weight excluding hydrogens is 358 g/mol. The number of thioether (sulfide) groups is 1. The Morgan fingerprint density at radius 1 is 1.07 bits per heavy atom. The zero-order valence-electron chi connectivity index (χ0n) is 15.4. The van der Waals surface area contributed by atoms with Crippen LogP contribution >= 0.6 is 11.8 Å². The Morgan fingerprint density at radius 2 is 1.89 bits per heavy atom. The molecule has 1 saturated heterocycles. The molecule has 1 aliphatic rings. The third-order valence-electron chi connectivity index (χ3n) is 4.67. The van der Waals surface area contributed by atoms with Crippen molar-refractivity contribution in [3.05, 3.63) is 54.6 Å². The zero-order chi connectivity index (χ0) is 18.5. The highest BCUT2D eigenvalue weighted by atomic mass is 32.2. The number of nitrogens with zero attached hydrogens (tertiary/aromatic N) is 3. The molecule has 2 heterocycles. The van der Waals surface area contributed by atoms with E-state index >= 15 is 0 Å². The first-order valence-electron chi connectivity index (χ1n) is 9.25. The Morgan fingerprint density at radius 3 is 2.59 bits per heavy atom. The van der Waals surface area contributed by atoms with Gasteiger partial charge >= 0.3 is 0 Å². The van der Waals surface area contributed by atoms with Crippen molar-refractivity contribution in [1.29, 1.82) is 0 Å². The van der Waals surface area contributed by atoms with Gasteiger partial charge in [0.1, 0.15) is 5.75 Å². The van der Waals surface area contributed by atoms with Crippen LogP contribution in [0.3, 0.4) is 0 Å². The molecule has 140 valence electrons. The second kappa shape index (κ2) is 8.59. The highest BCUT2D eigenvalue weighted by molar-refractivity contribution is 7.99. The van der Waals surface area contributed by atoms with Crippen LogP contribution in [0.4, 0.5) is 0 Å². The Balaban J connectivity index is 1.65. The molecule has 1 fully saturated rings. The summed E-state index contributed by atoms with van der Waals surface area (Å²) < 4.78 is 13.3. The lowest BCUT2D eigenvalue weighted by atomic mass is 10.1. The van der Waals surface area contributed by atoms with E-state index in [9.17, 15) is 0 Å². The van der Waals surface area contributed by atoms with Crippen LogP contribution in [-0.4, -0.2) is 40.3 Å². The van der Waals surface area contributed by atoms with Crippen molar-refractivity contribution in [3.8, 4) is 22.8 Å². The van der Waals surface area contributed by atoms with Crippen LogP contribution in [0.25, 0.3) is 17.1 Å². The summed E-state index contributed by atoms with van der Waals surface area (Å²) >= 11 is 1.71. The van der Waals surface area contributed by atoms with Gasteiger partial charge in [0, 0.05) is 23.6 Å². The molecule has 0 amide bonds. The number of aromatic nitrogens is 3. The Kier molecular flexibility index (Phi) is 5.75. The van der Waals surface area contributed by atoms with Crippen LogP contribution in [0.1, 0.15) is 19.3 Å². The van der Waals surface area contributed by atoms with E-state index in [1.54, 1.807) is 18.9 Å². The van der Waals surface area contributed by atoms with E-state index in [4.69, 9.17) is 9.47 Å². The lowest BCUT2D eigenvalue weighted by Crippen LogP contribution is -2.21. The maximum Gasteiger partial charge on any atom is 0.196 e. The lowest BCUT2D eigenvalue weighted by Gasteiger charge is -2.22. The summed E-state index contributed by atoms with van der Waals surface area (Å²) in [5.74, 6) is 2.55. The number of ether oxygens (including phenoxy) is 2. The molecule has 0 saturated carbocycles. The van der Waals surface area contributed by atoms with Crippen molar-refractivity contribution >= 4 is 11.8 Å². The molecule has 1 aromatic heterocycles. The largest absolute Gasteiger partial charge is 0.497 e. The van der Waals surface area contributed by atoms with Gasteiger partial charge < -0.3 is 9.47 Å². The standard InChI is InChI=1S/C21H23N3O2S/c1-25-18-12-10-16(11-13-18)20-22-23-21(24(20)17-7-3-2-4-8-17)27-15-19-9-5-6-14-26-19/h2-4,7-8,10-13,19H,5-6,9,14-15H2,1H3. The molecule has 1 unspecified atom stereocenters. The Hall–Kier alpha value is -2.31. The molecule has 0 aliphatic carbocycles. The summed E-state index contributed by atoms with van der Waals surface area (Å²) in [5.41, 5.74) is 2.06. The first kappa shape index (κ1) is 18.1. The quantitative estimate of drug-likeness (QED) is 0.584. The van der Waals surface area contributed by atoms with Crippen LogP contribution in [-0.2, 0) is 4.74 Å². The van der Waals surface area contributed by atoms with Crippen molar-refractivity contribution in [3.63, 3.8) is 0 Å². The SMILES string of the molecule is COc1ccc(-c2nnc(SCC3CCCCO3)n2-c2ccccc2)cc1. The van der Waals surface area contributed by atoms with Gasteiger partial charge in [0.15, 0.2) is 11.0 Å². The number of hydrogen-bond donors (Lipinski definition) is 0. The van der Waals surface area contributed by atoms with Crippen LogP contribution in [0.5, 0.6) is 5.75 Å². The molecule has 0 spiro atoms. The fourth-order valence-corrected chi connectivity index (χ4v) is 4.22. The molecule has 6 heteroatoms. The molecule has 0 N–H and O–H groups in total. The van der Waals surface area contributed by atoms with Gasteiger partial charge in [0.25, 0.3) is 0 Å². The molecule has 1 atom stereocenters. The maximum atomic E-state index is 5.87. The number of methoxy groups -OCH3 is 1. The van der Waals surface area contributed by atoms with Crippen molar-refractivity contribution in [2.24, 2.45) is 0 Å². The second-order valence-corrected chi connectivity index (χ2v) is 7.49. The highest BCUT2D eigenvalue weighted by Gasteiger charge is 2.19. The smallest absolute Gasteiger partial charge is 0.196 e. The molecule has 3 aromatic rings. The number of rotatable bonds is 6. The third-order valence-corrected chi connectivity index (χ3v) is 5.73. The van der Waals surface area contributed by atoms with Crippen molar-refractivity contribution in [1.82, 2.24) is 14.8 Å². The fourth-order valence-electron chi connectivity index (χ4n) is 3.21. The van der Waals surface area contributed by atoms with Crippen molar-refractivity contribution in [2.75, 3.05) is 19.5 Å². The van der Waals surface area contributed by atoms with Gasteiger partial charge in [-0.15, -0.1) is 10.2 Å². The topological polar surface area (TPSA) is 49.2 Å². The van der Waals surface area contributed by atoms with Gasteiger partial charge in [-0.25, -0.2) is 0 Å². The van der Waals surface area contributed by atoms with E-state index in [1.807, 2.05) is 42.5 Å². The predicted molar refractivity (Wildman–Crippen MR) is 108 cm³/mol. The average Bonchev–Trinajstić information content (AvgIpc) is 3.17. The van der Waals surface area contributed by atoms with Crippen LogP contribution in [0, 0.1) is 0 Å². The molecule has 27 heavy (non-hydrogen) atoms. The summed E-state index contributed by atoms with van der Waals surface area (Å²) in [4.78, 5) is 0. The molecule has 0 radical (unpaired) electrons. The maximum absolute atomic E-state index is 5.87. The minimum atomic E-state index is 0.300. The van der Waals surface area contributed by atoms with Crippen LogP contribution in [0.15, 0.2) is 59.8 Å². The number of benzene rings is 2. The summed E-state index contributed by atoms with van der Waals surface area (Å²) in [5, 5.41) is 9.87.